The van der Waals surface area contributed by atoms with Gasteiger partial charge in [0.05, 0.1) is 13.7 Å². The van der Waals surface area contributed by atoms with Crippen LogP contribution in [0.2, 0.25) is 0 Å². The third kappa shape index (κ3) is 4.22. The first-order valence-electron chi connectivity index (χ1n) is 6.80. The van der Waals surface area contributed by atoms with E-state index in [1.807, 2.05) is 18.2 Å². The molecule has 0 unspecified atom stereocenters. The Labute approximate surface area is 109 Å². The standard InChI is InChI=1S/C15H23NO2/c1-12-5-8-14(15(11-12)17-2)18-10-4-3-9-16-13-6-7-13/h5,8,11,13,16H,3-4,6-7,9-10H2,1-2H3. The Hall–Kier alpha value is -1.22. The van der Waals surface area contributed by atoms with Gasteiger partial charge < -0.3 is 14.8 Å². The highest BCUT2D eigenvalue weighted by Crippen LogP contribution is 2.27. The van der Waals surface area contributed by atoms with Crippen LogP contribution < -0.4 is 14.8 Å². The van der Waals surface area contributed by atoms with Crippen molar-refractivity contribution >= 4 is 0 Å². The number of benzene rings is 1. The Kier molecular flexibility index (Phi) is 4.88. The van der Waals surface area contributed by atoms with Gasteiger partial charge in [-0.05, 0) is 56.8 Å². The summed E-state index contributed by atoms with van der Waals surface area (Å²) in [4.78, 5) is 0. The van der Waals surface area contributed by atoms with E-state index in [0.717, 1.165) is 37.1 Å². The third-order valence-electron chi connectivity index (χ3n) is 3.16. The zero-order valence-corrected chi connectivity index (χ0v) is 11.4. The average molecular weight is 249 g/mol. The number of unbranched alkanes of at least 4 members (excludes halogenated alkanes) is 1. The van der Waals surface area contributed by atoms with Gasteiger partial charge in [-0.1, -0.05) is 6.07 Å². The second kappa shape index (κ2) is 6.64. The number of hydrogen-bond acceptors (Lipinski definition) is 3. The lowest BCUT2D eigenvalue weighted by molar-refractivity contribution is 0.285. The molecule has 0 aliphatic heterocycles. The van der Waals surface area contributed by atoms with E-state index >= 15 is 0 Å². The lowest BCUT2D eigenvalue weighted by Crippen LogP contribution is -2.17. The Balaban J connectivity index is 1.65. The summed E-state index contributed by atoms with van der Waals surface area (Å²) in [6.07, 6.45) is 4.97. The minimum absolute atomic E-state index is 0.756. The minimum Gasteiger partial charge on any atom is -0.493 e. The zero-order valence-electron chi connectivity index (χ0n) is 11.4. The number of methoxy groups -OCH3 is 1. The normalized spacial score (nSPS) is 14.6. The van der Waals surface area contributed by atoms with Crippen LogP contribution in [0.4, 0.5) is 0 Å². The van der Waals surface area contributed by atoms with E-state index in [4.69, 9.17) is 9.47 Å². The van der Waals surface area contributed by atoms with Crippen molar-refractivity contribution in [2.75, 3.05) is 20.3 Å². The van der Waals surface area contributed by atoms with Crippen molar-refractivity contribution in [3.8, 4) is 11.5 Å². The maximum Gasteiger partial charge on any atom is 0.161 e. The van der Waals surface area contributed by atoms with Gasteiger partial charge in [0.1, 0.15) is 0 Å². The fourth-order valence-electron chi connectivity index (χ4n) is 1.90. The summed E-state index contributed by atoms with van der Waals surface area (Å²) in [7, 11) is 1.68. The van der Waals surface area contributed by atoms with Crippen LogP contribution in [0, 0.1) is 6.92 Å². The van der Waals surface area contributed by atoms with Crippen molar-refractivity contribution < 1.29 is 9.47 Å². The van der Waals surface area contributed by atoms with Gasteiger partial charge in [0.15, 0.2) is 11.5 Å². The van der Waals surface area contributed by atoms with Crippen molar-refractivity contribution in [1.82, 2.24) is 5.32 Å². The molecule has 0 saturated heterocycles. The van der Waals surface area contributed by atoms with Gasteiger partial charge in [0.2, 0.25) is 0 Å². The maximum atomic E-state index is 5.75. The second-order valence-electron chi connectivity index (χ2n) is 4.94. The van der Waals surface area contributed by atoms with Gasteiger partial charge in [-0.2, -0.15) is 0 Å². The fraction of sp³-hybridized carbons (Fsp3) is 0.600. The molecule has 1 aliphatic carbocycles. The molecule has 18 heavy (non-hydrogen) atoms. The van der Waals surface area contributed by atoms with Crippen molar-refractivity contribution in [3.05, 3.63) is 23.8 Å². The number of hydrogen-bond donors (Lipinski definition) is 1. The zero-order chi connectivity index (χ0) is 12.8. The average Bonchev–Trinajstić information content (AvgIpc) is 3.19. The molecule has 3 heteroatoms. The molecule has 100 valence electrons. The summed E-state index contributed by atoms with van der Waals surface area (Å²) < 4.78 is 11.1. The molecular formula is C15H23NO2. The lowest BCUT2D eigenvalue weighted by Gasteiger charge is -2.11. The van der Waals surface area contributed by atoms with Crippen LogP contribution in [-0.2, 0) is 0 Å². The van der Waals surface area contributed by atoms with E-state index < -0.39 is 0 Å². The monoisotopic (exact) mass is 249 g/mol. The van der Waals surface area contributed by atoms with Gasteiger partial charge in [-0.3, -0.25) is 0 Å². The van der Waals surface area contributed by atoms with Gasteiger partial charge in [0.25, 0.3) is 0 Å². The van der Waals surface area contributed by atoms with Crippen LogP contribution in [0.3, 0.4) is 0 Å². The van der Waals surface area contributed by atoms with Crippen LogP contribution in [0.15, 0.2) is 18.2 Å². The van der Waals surface area contributed by atoms with Crippen molar-refractivity contribution in [1.29, 1.82) is 0 Å². The second-order valence-corrected chi connectivity index (χ2v) is 4.94. The van der Waals surface area contributed by atoms with Gasteiger partial charge in [0, 0.05) is 6.04 Å². The van der Waals surface area contributed by atoms with E-state index in [1.165, 1.54) is 24.8 Å². The lowest BCUT2D eigenvalue weighted by atomic mass is 10.2. The quantitative estimate of drug-likeness (QED) is 0.719. The molecule has 0 radical (unpaired) electrons. The molecule has 1 fully saturated rings. The first kappa shape index (κ1) is 13.2. The predicted molar refractivity (Wildman–Crippen MR) is 73.5 cm³/mol. The van der Waals surface area contributed by atoms with Crippen molar-refractivity contribution in [2.24, 2.45) is 0 Å². The van der Waals surface area contributed by atoms with Gasteiger partial charge >= 0.3 is 0 Å². The molecule has 1 aromatic carbocycles. The smallest absolute Gasteiger partial charge is 0.161 e. The number of nitrogens with one attached hydrogen (secondary N) is 1. The number of aryl methyl sites for hydroxylation is 1. The maximum absolute atomic E-state index is 5.75. The van der Waals surface area contributed by atoms with Crippen molar-refractivity contribution in [3.63, 3.8) is 0 Å². The van der Waals surface area contributed by atoms with Crippen LogP contribution in [-0.4, -0.2) is 26.3 Å². The van der Waals surface area contributed by atoms with Crippen LogP contribution >= 0.6 is 0 Å². The summed E-state index contributed by atoms with van der Waals surface area (Å²) in [5.74, 6) is 1.67. The SMILES string of the molecule is COc1cc(C)ccc1OCCCCNC1CC1. The molecule has 0 amide bonds. The molecule has 1 aromatic rings. The Morgan fingerprint density at radius 2 is 2.06 bits per heavy atom. The highest BCUT2D eigenvalue weighted by atomic mass is 16.5. The number of rotatable bonds is 8. The Morgan fingerprint density at radius 1 is 1.22 bits per heavy atom. The summed E-state index contributed by atoms with van der Waals surface area (Å²) in [5.41, 5.74) is 1.19. The molecule has 1 N–H and O–H groups in total. The van der Waals surface area contributed by atoms with Gasteiger partial charge in [-0.15, -0.1) is 0 Å². The fourth-order valence-corrected chi connectivity index (χ4v) is 1.90. The largest absolute Gasteiger partial charge is 0.493 e. The minimum atomic E-state index is 0.756. The van der Waals surface area contributed by atoms with Crippen molar-refractivity contribution in [2.45, 2.75) is 38.6 Å². The number of ether oxygens (including phenoxy) is 2. The molecule has 0 heterocycles. The van der Waals surface area contributed by atoms with E-state index in [9.17, 15) is 0 Å². The summed E-state index contributed by atoms with van der Waals surface area (Å²) in [6.45, 7) is 3.92. The molecule has 1 saturated carbocycles. The predicted octanol–water partition coefficient (Wildman–Crippen LogP) is 2.91. The van der Waals surface area contributed by atoms with Gasteiger partial charge in [-0.25, -0.2) is 0 Å². The van der Waals surface area contributed by atoms with Crippen LogP contribution in [0.1, 0.15) is 31.2 Å². The molecule has 1 aliphatic rings. The van der Waals surface area contributed by atoms with Crippen LogP contribution in [0.5, 0.6) is 11.5 Å². The van der Waals surface area contributed by atoms with E-state index in [1.54, 1.807) is 7.11 Å². The van der Waals surface area contributed by atoms with E-state index in [-0.39, 0.29) is 0 Å². The molecule has 2 rings (SSSR count). The first-order valence-corrected chi connectivity index (χ1v) is 6.80. The highest BCUT2D eigenvalue weighted by Gasteiger charge is 2.19. The molecule has 0 atom stereocenters. The Bertz CT molecular complexity index is 375. The molecule has 3 nitrogen and oxygen atoms in total. The molecule has 0 aromatic heterocycles. The summed E-state index contributed by atoms with van der Waals surface area (Å²) >= 11 is 0. The highest BCUT2D eigenvalue weighted by molar-refractivity contribution is 5.42. The Morgan fingerprint density at radius 3 is 2.78 bits per heavy atom. The van der Waals surface area contributed by atoms with Crippen LogP contribution in [0.25, 0.3) is 0 Å². The molecule has 0 bridgehead atoms. The summed E-state index contributed by atoms with van der Waals surface area (Å²) in [5, 5.41) is 3.51. The molecular weight excluding hydrogens is 226 g/mol. The molecule has 0 spiro atoms. The van der Waals surface area contributed by atoms with E-state index in [2.05, 4.69) is 12.2 Å². The first-order chi connectivity index (χ1) is 8.79. The third-order valence-corrected chi connectivity index (χ3v) is 3.16. The summed E-state index contributed by atoms with van der Waals surface area (Å²) in [6, 6.07) is 6.84. The topological polar surface area (TPSA) is 30.5 Å². The van der Waals surface area contributed by atoms with E-state index in [0.29, 0.717) is 0 Å².